The molecule has 4 rings (SSSR count). The van der Waals surface area contributed by atoms with Crippen LogP contribution in [0.5, 0.6) is 0 Å². The van der Waals surface area contributed by atoms with Crippen LogP contribution in [-0.4, -0.2) is 47.9 Å². The van der Waals surface area contributed by atoms with Gasteiger partial charge in [-0.15, -0.1) is 11.3 Å². The van der Waals surface area contributed by atoms with Crippen molar-refractivity contribution < 1.29 is 13.2 Å². The van der Waals surface area contributed by atoms with Crippen LogP contribution in [-0.2, 0) is 14.8 Å². The number of H-pyrrole nitrogens is 1. The second kappa shape index (κ2) is 7.06. The number of carbonyl (C=O) groups is 1. The number of aromatic nitrogens is 2. The molecule has 3 heterocycles. The largest absolute Gasteiger partial charge is 0.360 e. The van der Waals surface area contributed by atoms with Crippen molar-refractivity contribution in [3.63, 3.8) is 0 Å². The number of thiazole rings is 1. The lowest BCUT2D eigenvalue weighted by molar-refractivity contribution is -0.120. The molecule has 27 heavy (non-hydrogen) atoms. The number of para-hydroxylation sites is 1. The molecule has 142 valence electrons. The summed E-state index contributed by atoms with van der Waals surface area (Å²) in [6.07, 6.45) is 4.18. The van der Waals surface area contributed by atoms with E-state index in [2.05, 4.69) is 15.3 Å². The molecule has 0 unspecified atom stereocenters. The van der Waals surface area contributed by atoms with Crippen molar-refractivity contribution in [2.24, 2.45) is 5.92 Å². The molecule has 0 bridgehead atoms. The molecule has 0 spiro atoms. The average molecular weight is 405 g/mol. The third-order valence-corrected chi connectivity index (χ3v) is 6.95. The zero-order valence-corrected chi connectivity index (χ0v) is 16.4. The SMILES string of the molecule is CS(=O)(=O)N1CCC(C(=O)Nc2nc(-c3c[nH]c4ccccc34)cs2)CC1. The molecule has 9 heteroatoms. The van der Waals surface area contributed by atoms with Crippen molar-refractivity contribution in [3.8, 4) is 11.3 Å². The van der Waals surface area contributed by atoms with Crippen molar-refractivity contribution in [3.05, 3.63) is 35.8 Å². The summed E-state index contributed by atoms with van der Waals surface area (Å²) in [5.41, 5.74) is 2.87. The van der Waals surface area contributed by atoms with Crippen molar-refractivity contribution >= 4 is 43.3 Å². The Morgan fingerprint density at radius 3 is 2.78 bits per heavy atom. The fourth-order valence-corrected chi connectivity index (χ4v) is 4.98. The first-order chi connectivity index (χ1) is 12.9. The van der Waals surface area contributed by atoms with Crippen LogP contribution in [0, 0.1) is 5.92 Å². The number of benzene rings is 1. The van der Waals surface area contributed by atoms with Crippen molar-refractivity contribution in [2.75, 3.05) is 24.7 Å². The number of nitrogens with zero attached hydrogens (tertiary/aromatic N) is 2. The molecule has 2 N–H and O–H groups in total. The first kappa shape index (κ1) is 18.1. The molecule has 2 aromatic heterocycles. The van der Waals surface area contributed by atoms with Gasteiger partial charge in [0.15, 0.2) is 5.13 Å². The molecule has 1 aliphatic rings. The minimum atomic E-state index is -3.19. The Hall–Kier alpha value is -2.23. The van der Waals surface area contributed by atoms with E-state index in [4.69, 9.17) is 0 Å². The molecule has 1 aliphatic heterocycles. The van der Waals surface area contributed by atoms with Gasteiger partial charge in [-0.1, -0.05) is 18.2 Å². The first-order valence-electron chi connectivity index (χ1n) is 8.70. The van der Waals surface area contributed by atoms with Crippen molar-refractivity contribution in [1.29, 1.82) is 0 Å². The number of fused-ring (bicyclic) bond motifs is 1. The molecule has 0 aliphatic carbocycles. The maximum atomic E-state index is 12.5. The summed E-state index contributed by atoms with van der Waals surface area (Å²) in [5, 5.41) is 6.47. The second-order valence-corrected chi connectivity index (χ2v) is 9.55. The molecule has 0 radical (unpaired) electrons. The molecule has 1 aromatic carbocycles. The number of nitrogens with one attached hydrogen (secondary N) is 2. The average Bonchev–Trinajstić information content (AvgIpc) is 3.27. The molecule has 1 saturated heterocycles. The van der Waals surface area contributed by atoms with Gasteiger partial charge in [-0.25, -0.2) is 17.7 Å². The number of carbonyl (C=O) groups excluding carboxylic acids is 1. The van der Waals surface area contributed by atoms with Gasteiger partial charge in [0.2, 0.25) is 15.9 Å². The van der Waals surface area contributed by atoms with Crippen LogP contribution in [0.25, 0.3) is 22.2 Å². The Morgan fingerprint density at radius 1 is 1.30 bits per heavy atom. The number of hydrogen-bond acceptors (Lipinski definition) is 5. The van der Waals surface area contributed by atoms with Gasteiger partial charge in [0.1, 0.15) is 0 Å². The number of anilines is 1. The zero-order valence-electron chi connectivity index (χ0n) is 14.8. The minimum Gasteiger partial charge on any atom is -0.360 e. The Morgan fingerprint density at radius 2 is 2.04 bits per heavy atom. The molecular weight excluding hydrogens is 384 g/mol. The lowest BCUT2D eigenvalue weighted by atomic mass is 9.97. The van der Waals surface area contributed by atoms with E-state index >= 15 is 0 Å². The lowest BCUT2D eigenvalue weighted by Gasteiger charge is -2.29. The Bertz CT molecular complexity index is 1080. The first-order valence-corrected chi connectivity index (χ1v) is 11.4. The van der Waals surface area contributed by atoms with Gasteiger partial charge >= 0.3 is 0 Å². The number of rotatable bonds is 4. The summed E-state index contributed by atoms with van der Waals surface area (Å²) in [7, 11) is -3.19. The summed E-state index contributed by atoms with van der Waals surface area (Å²) in [6, 6.07) is 8.01. The van der Waals surface area contributed by atoms with E-state index < -0.39 is 10.0 Å². The Kier molecular flexibility index (Phi) is 4.75. The maximum absolute atomic E-state index is 12.5. The van der Waals surface area contributed by atoms with E-state index in [0.717, 1.165) is 22.2 Å². The molecular formula is C18H20N4O3S2. The van der Waals surface area contributed by atoms with E-state index in [1.54, 1.807) is 0 Å². The van der Waals surface area contributed by atoms with Crippen LogP contribution in [0.1, 0.15) is 12.8 Å². The molecule has 1 fully saturated rings. The van der Waals surface area contributed by atoms with E-state index in [9.17, 15) is 13.2 Å². The number of piperidine rings is 1. The van der Waals surface area contributed by atoms with Gasteiger partial charge in [-0.3, -0.25) is 4.79 Å². The fourth-order valence-electron chi connectivity index (χ4n) is 3.40. The Labute approximate surface area is 161 Å². The van der Waals surface area contributed by atoms with Crippen LogP contribution in [0.3, 0.4) is 0 Å². The molecule has 0 saturated carbocycles. The van der Waals surface area contributed by atoms with Gasteiger partial charge in [0.05, 0.1) is 11.9 Å². The predicted octanol–water partition coefficient (Wildman–Crippen LogP) is 2.90. The highest BCUT2D eigenvalue weighted by Crippen LogP contribution is 2.31. The van der Waals surface area contributed by atoms with Crippen molar-refractivity contribution in [1.82, 2.24) is 14.3 Å². The van der Waals surface area contributed by atoms with Crippen LogP contribution in [0.2, 0.25) is 0 Å². The maximum Gasteiger partial charge on any atom is 0.229 e. The summed E-state index contributed by atoms with van der Waals surface area (Å²) >= 11 is 1.39. The van der Waals surface area contributed by atoms with Crippen LogP contribution in [0.4, 0.5) is 5.13 Å². The highest BCUT2D eigenvalue weighted by Gasteiger charge is 2.29. The fraction of sp³-hybridized carbons (Fsp3) is 0.333. The molecule has 7 nitrogen and oxygen atoms in total. The summed E-state index contributed by atoms with van der Waals surface area (Å²) in [5.74, 6) is -0.286. The van der Waals surface area contributed by atoms with Crippen LogP contribution in [0.15, 0.2) is 35.8 Å². The van der Waals surface area contributed by atoms with Gasteiger partial charge in [-0.2, -0.15) is 0 Å². The topological polar surface area (TPSA) is 95.2 Å². The van der Waals surface area contributed by atoms with E-state index in [1.807, 2.05) is 35.8 Å². The number of aromatic amines is 1. The molecule has 3 aromatic rings. The predicted molar refractivity (Wildman–Crippen MR) is 107 cm³/mol. The number of sulfonamides is 1. The van der Waals surface area contributed by atoms with Gasteiger partial charge < -0.3 is 10.3 Å². The highest BCUT2D eigenvalue weighted by molar-refractivity contribution is 7.88. The number of hydrogen-bond donors (Lipinski definition) is 2. The van der Waals surface area contributed by atoms with Gasteiger partial charge in [0, 0.05) is 47.1 Å². The van der Waals surface area contributed by atoms with Gasteiger partial charge in [-0.05, 0) is 18.9 Å². The minimum absolute atomic E-state index is 0.0945. The normalized spacial score (nSPS) is 16.6. The van der Waals surface area contributed by atoms with E-state index in [1.165, 1.54) is 21.9 Å². The standard InChI is InChI=1S/C18H20N4O3S2/c1-27(24,25)22-8-6-12(7-9-22)17(23)21-18-20-16(11-26-18)14-10-19-15-5-3-2-4-13(14)15/h2-5,10-12,19H,6-9H2,1H3,(H,20,21,23). The van der Waals surface area contributed by atoms with Crippen LogP contribution >= 0.6 is 11.3 Å². The second-order valence-electron chi connectivity index (χ2n) is 6.71. The molecule has 1 amide bonds. The third-order valence-electron chi connectivity index (χ3n) is 4.89. The van der Waals surface area contributed by atoms with Crippen molar-refractivity contribution in [2.45, 2.75) is 12.8 Å². The van der Waals surface area contributed by atoms with Crippen LogP contribution < -0.4 is 5.32 Å². The van der Waals surface area contributed by atoms with E-state index in [0.29, 0.717) is 31.1 Å². The monoisotopic (exact) mass is 404 g/mol. The zero-order chi connectivity index (χ0) is 19.0. The summed E-state index contributed by atoms with van der Waals surface area (Å²) in [6.45, 7) is 0.769. The summed E-state index contributed by atoms with van der Waals surface area (Å²) < 4.78 is 24.6. The third kappa shape index (κ3) is 3.76. The smallest absolute Gasteiger partial charge is 0.229 e. The summed E-state index contributed by atoms with van der Waals surface area (Å²) in [4.78, 5) is 20.3. The van der Waals surface area contributed by atoms with E-state index in [-0.39, 0.29) is 11.8 Å². The Balaban J connectivity index is 1.43. The lowest BCUT2D eigenvalue weighted by Crippen LogP contribution is -2.40. The number of amides is 1. The van der Waals surface area contributed by atoms with Gasteiger partial charge in [0.25, 0.3) is 0 Å². The highest BCUT2D eigenvalue weighted by atomic mass is 32.2. The quantitative estimate of drug-likeness (QED) is 0.699. The molecule has 0 atom stereocenters.